The molecule has 16 heavy (non-hydrogen) atoms. The molecule has 1 N–H and O–H groups in total. The van der Waals surface area contributed by atoms with Gasteiger partial charge >= 0.3 is 5.97 Å². The van der Waals surface area contributed by atoms with E-state index >= 15 is 0 Å². The molecule has 1 rings (SSSR count). The van der Waals surface area contributed by atoms with Crippen LogP contribution in [0.25, 0.3) is 0 Å². The number of carbonyl (C=O) groups is 1. The number of aromatic nitrogens is 1. The average molecular weight is 242 g/mol. The highest BCUT2D eigenvalue weighted by molar-refractivity contribution is 7.09. The zero-order valence-corrected chi connectivity index (χ0v) is 10.8. The summed E-state index contributed by atoms with van der Waals surface area (Å²) in [5, 5.41) is 11.2. The van der Waals surface area contributed by atoms with Crippen molar-refractivity contribution in [2.75, 3.05) is 6.54 Å². The van der Waals surface area contributed by atoms with Crippen molar-refractivity contribution in [2.45, 2.75) is 39.8 Å². The molecule has 1 heterocycles. The highest BCUT2D eigenvalue weighted by Gasteiger charge is 2.14. The predicted octanol–water partition coefficient (Wildman–Crippen LogP) is 2.46. The van der Waals surface area contributed by atoms with Crippen molar-refractivity contribution in [1.82, 2.24) is 9.88 Å². The highest BCUT2D eigenvalue weighted by Crippen LogP contribution is 2.15. The normalized spacial score (nSPS) is 13.0. The highest BCUT2D eigenvalue weighted by atomic mass is 32.1. The van der Waals surface area contributed by atoms with E-state index in [1.807, 2.05) is 0 Å². The van der Waals surface area contributed by atoms with Gasteiger partial charge in [-0.1, -0.05) is 13.8 Å². The SMILES string of the molecule is CCC(C)N(CC)Cc1nc(C(=O)O)cs1. The van der Waals surface area contributed by atoms with Gasteiger partial charge in [0.05, 0.1) is 6.54 Å². The lowest BCUT2D eigenvalue weighted by Crippen LogP contribution is -2.31. The summed E-state index contributed by atoms with van der Waals surface area (Å²) in [6, 6.07) is 0.502. The van der Waals surface area contributed by atoms with Crippen LogP contribution >= 0.6 is 11.3 Å². The van der Waals surface area contributed by atoms with E-state index in [-0.39, 0.29) is 5.69 Å². The summed E-state index contributed by atoms with van der Waals surface area (Å²) >= 11 is 1.42. The number of carboxylic acid groups (broad SMARTS) is 1. The molecule has 0 aromatic carbocycles. The van der Waals surface area contributed by atoms with Gasteiger partial charge in [-0.15, -0.1) is 11.3 Å². The predicted molar refractivity (Wildman–Crippen MR) is 64.9 cm³/mol. The van der Waals surface area contributed by atoms with Gasteiger partial charge in [-0.3, -0.25) is 4.90 Å². The second-order valence-electron chi connectivity index (χ2n) is 3.75. The number of thiazole rings is 1. The van der Waals surface area contributed by atoms with Crippen molar-refractivity contribution >= 4 is 17.3 Å². The first-order valence-electron chi connectivity index (χ1n) is 5.50. The summed E-state index contributed by atoms with van der Waals surface area (Å²) in [5.41, 5.74) is 0.153. The minimum absolute atomic E-state index is 0.153. The van der Waals surface area contributed by atoms with Gasteiger partial charge in [-0.05, 0) is 19.9 Å². The quantitative estimate of drug-likeness (QED) is 0.832. The average Bonchev–Trinajstić information content (AvgIpc) is 2.73. The summed E-state index contributed by atoms with van der Waals surface area (Å²) < 4.78 is 0. The summed E-state index contributed by atoms with van der Waals surface area (Å²) in [5.74, 6) is -0.950. The van der Waals surface area contributed by atoms with Gasteiger partial charge in [0.1, 0.15) is 5.01 Å². The van der Waals surface area contributed by atoms with Gasteiger partial charge in [0.2, 0.25) is 0 Å². The topological polar surface area (TPSA) is 53.4 Å². The third kappa shape index (κ3) is 3.28. The van der Waals surface area contributed by atoms with Crippen molar-refractivity contribution in [1.29, 1.82) is 0 Å². The molecule has 0 aliphatic heterocycles. The first-order valence-corrected chi connectivity index (χ1v) is 6.38. The fourth-order valence-corrected chi connectivity index (χ4v) is 2.29. The third-order valence-corrected chi connectivity index (χ3v) is 3.56. The van der Waals surface area contributed by atoms with Crippen LogP contribution in [0.15, 0.2) is 5.38 Å². The van der Waals surface area contributed by atoms with Crippen molar-refractivity contribution in [3.8, 4) is 0 Å². The largest absolute Gasteiger partial charge is 0.476 e. The summed E-state index contributed by atoms with van der Waals surface area (Å²) in [6.45, 7) is 8.13. The van der Waals surface area contributed by atoms with Crippen LogP contribution in [0.2, 0.25) is 0 Å². The van der Waals surface area contributed by atoms with Crippen molar-refractivity contribution < 1.29 is 9.90 Å². The molecule has 5 heteroatoms. The lowest BCUT2D eigenvalue weighted by Gasteiger charge is -2.25. The monoisotopic (exact) mass is 242 g/mol. The Labute approximate surface area is 99.9 Å². The minimum atomic E-state index is -0.950. The van der Waals surface area contributed by atoms with Gasteiger partial charge in [-0.2, -0.15) is 0 Å². The molecule has 0 saturated heterocycles. The maximum absolute atomic E-state index is 10.7. The Morgan fingerprint density at radius 1 is 1.62 bits per heavy atom. The zero-order chi connectivity index (χ0) is 12.1. The van der Waals surface area contributed by atoms with Crippen LogP contribution in [-0.2, 0) is 6.54 Å². The van der Waals surface area contributed by atoms with Gasteiger partial charge in [0, 0.05) is 11.4 Å². The van der Waals surface area contributed by atoms with E-state index in [0.717, 1.165) is 24.5 Å². The Bertz CT molecular complexity index is 352. The number of rotatable bonds is 6. The van der Waals surface area contributed by atoms with Crippen molar-refractivity contribution in [3.05, 3.63) is 16.1 Å². The number of hydrogen-bond donors (Lipinski definition) is 1. The number of nitrogens with zero attached hydrogens (tertiary/aromatic N) is 2. The van der Waals surface area contributed by atoms with Gasteiger partial charge in [-0.25, -0.2) is 9.78 Å². The Balaban J connectivity index is 2.67. The second-order valence-corrected chi connectivity index (χ2v) is 4.69. The van der Waals surface area contributed by atoms with E-state index in [4.69, 9.17) is 5.11 Å². The van der Waals surface area contributed by atoms with E-state index in [9.17, 15) is 4.79 Å². The first kappa shape index (κ1) is 13.1. The molecule has 0 aliphatic rings. The molecule has 1 aromatic heterocycles. The van der Waals surface area contributed by atoms with Gasteiger partial charge in [0.25, 0.3) is 0 Å². The van der Waals surface area contributed by atoms with E-state index < -0.39 is 5.97 Å². The van der Waals surface area contributed by atoms with Crippen LogP contribution in [0.3, 0.4) is 0 Å². The Hall–Kier alpha value is -0.940. The molecule has 0 spiro atoms. The minimum Gasteiger partial charge on any atom is -0.476 e. The third-order valence-electron chi connectivity index (χ3n) is 2.73. The van der Waals surface area contributed by atoms with Gasteiger partial charge < -0.3 is 5.11 Å². The van der Waals surface area contributed by atoms with Crippen molar-refractivity contribution in [3.63, 3.8) is 0 Å². The molecule has 0 amide bonds. The Morgan fingerprint density at radius 3 is 2.75 bits per heavy atom. The maximum Gasteiger partial charge on any atom is 0.355 e. The number of hydrogen-bond acceptors (Lipinski definition) is 4. The van der Waals surface area contributed by atoms with Crippen LogP contribution < -0.4 is 0 Å². The molecule has 0 saturated carbocycles. The molecule has 0 bridgehead atoms. The molecule has 1 unspecified atom stereocenters. The van der Waals surface area contributed by atoms with Crippen molar-refractivity contribution in [2.24, 2.45) is 0 Å². The maximum atomic E-state index is 10.7. The van der Waals surface area contributed by atoms with Crippen LogP contribution in [0.1, 0.15) is 42.7 Å². The molecule has 4 nitrogen and oxygen atoms in total. The second kappa shape index (κ2) is 5.96. The van der Waals surface area contributed by atoms with Crippen LogP contribution in [0, 0.1) is 0 Å². The van der Waals surface area contributed by atoms with Crippen LogP contribution in [0.4, 0.5) is 0 Å². The molecule has 0 radical (unpaired) electrons. The van der Waals surface area contributed by atoms with Crippen LogP contribution in [0.5, 0.6) is 0 Å². The summed E-state index contributed by atoms with van der Waals surface area (Å²) in [6.07, 6.45) is 1.09. The summed E-state index contributed by atoms with van der Waals surface area (Å²) in [4.78, 5) is 17.1. The number of aromatic carboxylic acids is 1. The Kier molecular flexibility index (Phi) is 4.89. The standard InChI is InChI=1S/C11H18N2O2S/c1-4-8(3)13(5-2)6-10-12-9(7-16-10)11(14)15/h7-8H,4-6H2,1-3H3,(H,14,15). The van der Waals surface area contributed by atoms with Gasteiger partial charge in [0.15, 0.2) is 5.69 Å². The molecule has 90 valence electrons. The fourth-order valence-electron chi connectivity index (χ4n) is 1.49. The molecule has 0 aliphatic carbocycles. The van der Waals surface area contributed by atoms with E-state index in [2.05, 4.69) is 30.7 Å². The molecule has 0 fully saturated rings. The van der Waals surface area contributed by atoms with Crippen LogP contribution in [-0.4, -0.2) is 33.5 Å². The molecular formula is C11H18N2O2S. The Morgan fingerprint density at radius 2 is 2.31 bits per heavy atom. The summed E-state index contributed by atoms with van der Waals surface area (Å²) in [7, 11) is 0. The first-order chi connectivity index (χ1) is 7.58. The molecule has 1 aromatic rings. The lowest BCUT2D eigenvalue weighted by atomic mass is 10.2. The fraction of sp³-hybridized carbons (Fsp3) is 0.636. The lowest BCUT2D eigenvalue weighted by molar-refractivity contribution is 0.0691. The zero-order valence-electron chi connectivity index (χ0n) is 9.93. The molecular weight excluding hydrogens is 224 g/mol. The smallest absolute Gasteiger partial charge is 0.355 e. The number of carboxylic acids is 1. The van der Waals surface area contributed by atoms with E-state index in [1.54, 1.807) is 5.38 Å². The molecule has 1 atom stereocenters. The van der Waals surface area contributed by atoms with E-state index in [0.29, 0.717) is 6.04 Å². The van der Waals surface area contributed by atoms with E-state index in [1.165, 1.54) is 11.3 Å².